The van der Waals surface area contributed by atoms with E-state index in [4.69, 9.17) is 15.9 Å². The first-order valence-electron chi connectivity index (χ1n) is 5.57. The normalized spacial score (nSPS) is 10.2. The smallest absolute Gasteiger partial charge is 0.126 e. The standard InChI is InChI=1S/C14H12F2N2O/c15-11-5-9(6-12(16)7-11)8-19-13-3-1-10(2-4-13)14(17)18/h1-7H,8H2,(H3,17,18). The van der Waals surface area contributed by atoms with E-state index in [1.165, 1.54) is 12.1 Å². The van der Waals surface area contributed by atoms with Crippen LogP contribution in [0.5, 0.6) is 5.75 Å². The Labute approximate surface area is 109 Å². The van der Waals surface area contributed by atoms with Crippen LogP contribution in [0.15, 0.2) is 42.5 Å². The van der Waals surface area contributed by atoms with Gasteiger partial charge in [0.25, 0.3) is 0 Å². The van der Waals surface area contributed by atoms with Gasteiger partial charge in [0.1, 0.15) is 29.8 Å². The summed E-state index contributed by atoms with van der Waals surface area (Å²) in [4.78, 5) is 0. The van der Waals surface area contributed by atoms with Crippen LogP contribution in [-0.4, -0.2) is 5.84 Å². The van der Waals surface area contributed by atoms with Crippen LogP contribution in [0.25, 0.3) is 0 Å². The second-order valence-electron chi connectivity index (χ2n) is 4.00. The molecule has 3 nitrogen and oxygen atoms in total. The van der Waals surface area contributed by atoms with Crippen LogP contribution in [0.2, 0.25) is 0 Å². The molecule has 19 heavy (non-hydrogen) atoms. The highest BCUT2D eigenvalue weighted by molar-refractivity contribution is 5.94. The van der Waals surface area contributed by atoms with Crippen LogP contribution in [-0.2, 0) is 6.61 Å². The minimum absolute atomic E-state index is 0.0289. The number of nitrogens with two attached hydrogens (primary N) is 1. The van der Waals surface area contributed by atoms with E-state index in [0.29, 0.717) is 16.9 Å². The van der Waals surface area contributed by atoms with Crippen molar-refractivity contribution in [2.45, 2.75) is 6.61 Å². The van der Waals surface area contributed by atoms with Crippen LogP contribution in [0.3, 0.4) is 0 Å². The van der Waals surface area contributed by atoms with Crippen molar-refractivity contribution >= 4 is 5.84 Å². The monoisotopic (exact) mass is 262 g/mol. The number of rotatable bonds is 4. The van der Waals surface area contributed by atoms with Crippen molar-refractivity contribution in [1.82, 2.24) is 0 Å². The summed E-state index contributed by atoms with van der Waals surface area (Å²) in [5.74, 6) is -0.760. The number of hydrogen-bond acceptors (Lipinski definition) is 2. The van der Waals surface area contributed by atoms with Crippen molar-refractivity contribution in [1.29, 1.82) is 5.41 Å². The highest BCUT2D eigenvalue weighted by atomic mass is 19.1. The van der Waals surface area contributed by atoms with Gasteiger partial charge in [-0.05, 0) is 42.0 Å². The molecule has 0 saturated carbocycles. The summed E-state index contributed by atoms with van der Waals surface area (Å²) in [5.41, 5.74) is 6.32. The number of benzene rings is 2. The second-order valence-corrected chi connectivity index (χ2v) is 4.00. The van der Waals surface area contributed by atoms with Crippen LogP contribution in [0, 0.1) is 17.0 Å². The molecule has 0 amide bonds. The van der Waals surface area contributed by atoms with Crippen molar-refractivity contribution < 1.29 is 13.5 Å². The van der Waals surface area contributed by atoms with E-state index in [0.717, 1.165) is 6.07 Å². The number of nitrogen functional groups attached to an aromatic ring is 1. The molecule has 0 aliphatic heterocycles. The minimum Gasteiger partial charge on any atom is -0.489 e. The van der Waals surface area contributed by atoms with Crippen molar-refractivity contribution in [2.24, 2.45) is 5.73 Å². The molecule has 2 aromatic rings. The predicted octanol–water partition coefficient (Wildman–Crippen LogP) is 2.83. The SMILES string of the molecule is N=C(N)c1ccc(OCc2cc(F)cc(F)c2)cc1. The van der Waals surface area contributed by atoms with E-state index < -0.39 is 11.6 Å². The number of nitrogens with one attached hydrogen (secondary N) is 1. The highest BCUT2D eigenvalue weighted by Crippen LogP contribution is 2.15. The van der Waals surface area contributed by atoms with Gasteiger partial charge >= 0.3 is 0 Å². The van der Waals surface area contributed by atoms with Gasteiger partial charge in [0, 0.05) is 11.6 Å². The van der Waals surface area contributed by atoms with Gasteiger partial charge in [-0.2, -0.15) is 0 Å². The van der Waals surface area contributed by atoms with Crippen LogP contribution in [0.1, 0.15) is 11.1 Å². The Bertz CT molecular complexity index is 577. The van der Waals surface area contributed by atoms with Crippen LogP contribution in [0.4, 0.5) is 8.78 Å². The third kappa shape index (κ3) is 3.51. The highest BCUT2D eigenvalue weighted by Gasteiger charge is 2.02. The Morgan fingerprint density at radius 2 is 1.63 bits per heavy atom. The number of halogens is 2. The summed E-state index contributed by atoms with van der Waals surface area (Å²) < 4.78 is 31.3. The van der Waals surface area contributed by atoms with Gasteiger partial charge in [-0.25, -0.2) is 8.78 Å². The summed E-state index contributed by atoms with van der Waals surface area (Å²) in [5, 5.41) is 7.24. The van der Waals surface area contributed by atoms with E-state index in [1.54, 1.807) is 24.3 Å². The fourth-order valence-corrected chi connectivity index (χ4v) is 1.59. The molecule has 2 aromatic carbocycles. The summed E-state index contributed by atoms with van der Waals surface area (Å²) >= 11 is 0. The third-order valence-electron chi connectivity index (χ3n) is 2.49. The molecule has 5 heteroatoms. The molecule has 0 bridgehead atoms. The Morgan fingerprint density at radius 3 is 2.16 bits per heavy atom. The molecule has 0 fully saturated rings. The maximum Gasteiger partial charge on any atom is 0.126 e. The maximum absolute atomic E-state index is 13.0. The van der Waals surface area contributed by atoms with Gasteiger partial charge in [-0.15, -0.1) is 0 Å². The topological polar surface area (TPSA) is 59.1 Å². The third-order valence-corrected chi connectivity index (χ3v) is 2.49. The van der Waals surface area contributed by atoms with Gasteiger partial charge in [0.15, 0.2) is 0 Å². The summed E-state index contributed by atoms with van der Waals surface area (Å²) in [7, 11) is 0. The Kier molecular flexibility index (Phi) is 3.75. The molecular weight excluding hydrogens is 250 g/mol. The zero-order chi connectivity index (χ0) is 13.8. The van der Waals surface area contributed by atoms with Crippen LogP contribution >= 0.6 is 0 Å². The van der Waals surface area contributed by atoms with Gasteiger partial charge in [0.05, 0.1) is 0 Å². The maximum atomic E-state index is 13.0. The summed E-state index contributed by atoms with van der Waals surface area (Å²) in [6, 6.07) is 9.82. The van der Waals surface area contributed by atoms with E-state index in [1.807, 2.05) is 0 Å². The zero-order valence-electron chi connectivity index (χ0n) is 9.99. The molecule has 0 aliphatic carbocycles. The number of ether oxygens (including phenoxy) is 1. The first-order chi connectivity index (χ1) is 9.04. The van der Waals surface area contributed by atoms with Gasteiger partial charge in [-0.1, -0.05) is 0 Å². The van der Waals surface area contributed by atoms with Crippen molar-refractivity contribution in [2.75, 3.05) is 0 Å². The first-order valence-corrected chi connectivity index (χ1v) is 5.57. The van der Waals surface area contributed by atoms with Crippen LogP contribution < -0.4 is 10.5 Å². The second kappa shape index (κ2) is 5.48. The molecule has 0 atom stereocenters. The zero-order valence-corrected chi connectivity index (χ0v) is 9.99. The van der Waals surface area contributed by atoms with Gasteiger partial charge in [-0.3, -0.25) is 5.41 Å². The van der Waals surface area contributed by atoms with E-state index >= 15 is 0 Å². The van der Waals surface area contributed by atoms with E-state index in [2.05, 4.69) is 0 Å². The summed E-state index contributed by atoms with van der Waals surface area (Å²) in [6.07, 6.45) is 0. The minimum atomic E-state index is -0.634. The quantitative estimate of drug-likeness (QED) is 0.657. The molecule has 0 heterocycles. The van der Waals surface area contributed by atoms with Crippen molar-refractivity contribution in [3.8, 4) is 5.75 Å². The van der Waals surface area contributed by atoms with Crippen molar-refractivity contribution in [3.05, 3.63) is 65.2 Å². The molecule has 0 aromatic heterocycles. The lowest BCUT2D eigenvalue weighted by molar-refractivity contribution is 0.305. The van der Waals surface area contributed by atoms with E-state index in [9.17, 15) is 8.78 Å². The average Bonchev–Trinajstić information content (AvgIpc) is 2.36. The lowest BCUT2D eigenvalue weighted by Gasteiger charge is -2.07. The molecule has 3 N–H and O–H groups in total. The van der Waals surface area contributed by atoms with Gasteiger partial charge in [0.2, 0.25) is 0 Å². The number of amidine groups is 1. The first kappa shape index (κ1) is 13.0. The molecule has 98 valence electrons. The largest absolute Gasteiger partial charge is 0.489 e. The van der Waals surface area contributed by atoms with Gasteiger partial charge < -0.3 is 10.5 Å². The fourth-order valence-electron chi connectivity index (χ4n) is 1.59. The molecule has 0 spiro atoms. The fraction of sp³-hybridized carbons (Fsp3) is 0.0714. The summed E-state index contributed by atoms with van der Waals surface area (Å²) in [6.45, 7) is 0.0636. The Morgan fingerprint density at radius 1 is 1.05 bits per heavy atom. The van der Waals surface area contributed by atoms with E-state index in [-0.39, 0.29) is 12.4 Å². The molecule has 0 aliphatic rings. The molecule has 0 radical (unpaired) electrons. The Hall–Kier alpha value is -2.43. The van der Waals surface area contributed by atoms with Crippen molar-refractivity contribution in [3.63, 3.8) is 0 Å². The lowest BCUT2D eigenvalue weighted by atomic mass is 10.2. The lowest BCUT2D eigenvalue weighted by Crippen LogP contribution is -2.10. The molecule has 0 saturated heterocycles. The average molecular weight is 262 g/mol. The predicted molar refractivity (Wildman–Crippen MR) is 68.1 cm³/mol. The molecule has 0 unspecified atom stereocenters. The molecule has 2 rings (SSSR count). The Balaban J connectivity index is 2.03. The number of hydrogen-bond donors (Lipinski definition) is 2. The molecular formula is C14H12F2N2O.